The summed E-state index contributed by atoms with van der Waals surface area (Å²) in [6.07, 6.45) is -4.28. The zero-order valence-corrected chi connectivity index (χ0v) is 19.1. The molecule has 0 amide bonds. The van der Waals surface area contributed by atoms with E-state index in [1.54, 1.807) is 39.0 Å². The van der Waals surface area contributed by atoms with Gasteiger partial charge in [0.2, 0.25) is 0 Å². The quantitative estimate of drug-likeness (QED) is 0.302. The van der Waals surface area contributed by atoms with Gasteiger partial charge >= 0.3 is 12.1 Å². The van der Waals surface area contributed by atoms with Crippen LogP contribution >= 0.6 is 11.3 Å². The predicted octanol–water partition coefficient (Wildman–Crippen LogP) is 5.81. The number of nitrogens with zero attached hydrogens (tertiary/aromatic N) is 1. The number of esters is 1. The van der Waals surface area contributed by atoms with E-state index < -0.39 is 17.7 Å². The fraction of sp³-hybridized carbons (Fsp3) is 0.292. The maximum Gasteiger partial charge on any atom is 0.416 e. The van der Waals surface area contributed by atoms with Gasteiger partial charge in [-0.3, -0.25) is 4.79 Å². The third-order valence-electron chi connectivity index (χ3n) is 4.82. The molecule has 0 bridgehead atoms. The van der Waals surface area contributed by atoms with E-state index in [9.17, 15) is 22.8 Å². The highest BCUT2D eigenvalue weighted by Gasteiger charge is 2.30. The maximum atomic E-state index is 12.8. The van der Waals surface area contributed by atoms with E-state index in [1.807, 2.05) is 0 Å². The monoisotopic (exact) mass is 477 g/mol. The number of rotatable bonds is 8. The fourth-order valence-electron chi connectivity index (χ4n) is 3.09. The van der Waals surface area contributed by atoms with Gasteiger partial charge in [-0.25, -0.2) is 9.78 Å². The van der Waals surface area contributed by atoms with Crippen molar-refractivity contribution in [3.63, 3.8) is 0 Å². The minimum atomic E-state index is -4.40. The van der Waals surface area contributed by atoms with Gasteiger partial charge in [0.05, 0.1) is 17.9 Å². The second-order valence-electron chi connectivity index (χ2n) is 7.28. The van der Waals surface area contributed by atoms with Gasteiger partial charge in [0.15, 0.2) is 12.4 Å². The molecule has 0 saturated carbocycles. The molecule has 0 spiro atoms. The highest BCUT2D eigenvalue weighted by atomic mass is 32.1. The number of aromatic nitrogens is 1. The molecule has 0 N–H and O–H groups in total. The number of hydrogen-bond acceptors (Lipinski definition) is 6. The molecule has 3 aromatic rings. The molecule has 0 aliphatic rings. The third-order valence-corrected chi connectivity index (χ3v) is 6.03. The number of ketones is 1. The lowest BCUT2D eigenvalue weighted by atomic mass is 10.0. The minimum Gasteiger partial charge on any atom is -0.482 e. The van der Waals surface area contributed by atoms with Crippen LogP contribution < -0.4 is 4.74 Å². The molecule has 0 unspecified atom stereocenters. The van der Waals surface area contributed by atoms with Gasteiger partial charge in [0.25, 0.3) is 0 Å². The standard InChI is InChI=1S/C24H22F3NO4S/c1-4-31-22(30)13-32-20-10-7-17(11-14(20)2)19(29)12-21-15(3)28-23(33-21)16-5-8-18(9-6-16)24(25,26)27/h5-11H,4,12-13H2,1-3H3. The first kappa shape index (κ1) is 24.4. The van der Waals surface area contributed by atoms with Crippen LogP contribution in [0.15, 0.2) is 42.5 Å². The number of hydrogen-bond donors (Lipinski definition) is 0. The molecule has 2 aromatic carbocycles. The summed E-state index contributed by atoms with van der Waals surface area (Å²) in [6.45, 7) is 5.31. The molecular weight excluding hydrogens is 455 g/mol. The van der Waals surface area contributed by atoms with E-state index in [0.717, 1.165) is 17.0 Å². The zero-order chi connectivity index (χ0) is 24.2. The van der Waals surface area contributed by atoms with Crippen molar-refractivity contribution in [2.45, 2.75) is 33.4 Å². The molecule has 0 saturated heterocycles. The first-order valence-corrected chi connectivity index (χ1v) is 11.0. The fourth-order valence-corrected chi connectivity index (χ4v) is 4.16. The number of halogens is 3. The van der Waals surface area contributed by atoms with Crippen LogP contribution in [0.5, 0.6) is 5.75 Å². The molecule has 174 valence electrons. The Hall–Kier alpha value is -3.20. The van der Waals surface area contributed by atoms with Crippen molar-refractivity contribution in [1.29, 1.82) is 0 Å². The topological polar surface area (TPSA) is 65.5 Å². The summed E-state index contributed by atoms with van der Waals surface area (Å²) >= 11 is 1.28. The van der Waals surface area contributed by atoms with Gasteiger partial charge in [-0.2, -0.15) is 13.2 Å². The first-order chi connectivity index (χ1) is 15.6. The van der Waals surface area contributed by atoms with Crippen LogP contribution in [0.3, 0.4) is 0 Å². The van der Waals surface area contributed by atoms with Crippen molar-refractivity contribution in [3.8, 4) is 16.3 Å². The van der Waals surface area contributed by atoms with E-state index in [1.165, 1.54) is 23.5 Å². The Morgan fingerprint density at radius 2 is 1.76 bits per heavy atom. The average Bonchev–Trinajstić information content (AvgIpc) is 3.12. The summed E-state index contributed by atoms with van der Waals surface area (Å²) in [6, 6.07) is 9.75. The first-order valence-electron chi connectivity index (χ1n) is 10.1. The smallest absolute Gasteiger partial charge is 0.416 e. The van der Waals surface area contributed by atoms with Gasteiger partial charge in [0.1, 0.15) is 10.8 Å². The van der Waals surface area contributed by atoms with Crippen LogP contribution in [-0.2, 0) is 22.1 Å². The van der Waals surface area contributed by atoms with Crippen LogP contribution in [0.4, 0.5) is 13.2 Å². The van der Waals surface area contributed by atoms with Crippen molar-refractivity contribution in [3.05, 3.63) is 69.7 Å². The summed E-state index contributed by atoms with van der Waals surface area (Å²) in [5.41, 5.74) is 1.69. The number of carbonyl (C=O) groups is 2. The van der Waals surface area contributed by atoms with E-state index >= 15 is 0 Å². The van der Waals surface area contributed by atoms with Crippen LogP contribution in [-0.4, -0.2) is 30.0 Å². The molecule has 9 heteroatoms. The van der Waals surface area contributed by atoms with Gasteiger partial charge < -0.3 is 9.47 Å². The summed E-state index contributed by atoms with van der Waals surface area (Å²) in [4.78, 5) is 29.4. The lowest BCUT2D eigenvalue weighted by molar-refractivity contribution is -0.145. The number of thiazole rings is 1. The molecule has 0 fully saturated rings. The summed E-state index contributed by atoms with van der Waals surface area (Å²) in [7, 11) is 0. The van der Waals surface area contributed by atoms with Gasteiger partial charge in [-0.15, -0.1) is 11.3 Å². The Kier molecular flexibility index (Phi) is 7.53. The van der Waals surface area contributed by atoms with Crippen LogP contribution in [0.25, 0.3) is 10.6 Å². The molecule has 5 nitrogen and oxygen atoms in total. The number of alkyl halides is 3. The highest BCUT2D eigenvalue weighted by molar-refractivity contribution is 7.15. The molecule has 1 aromatic heterocycles. The molecule has 33 heavy (non-hydrogen) atoms. The molecule has 1 heterocycles. The number of ether oxygens (including phenoxy) is 2. The van der Waals surface area contributed by atoms with E-state index in [4.69, 9.17) is 9.47 Å². The Labute approximate surface area is 193 Å². The summed E-state index contributed by atoms with van der Waals surface area (Å²) < 4.78 is 48.6. The van der Waals surface area contributed by atoms with Gasteiger partial charge in [0, 0.05) is 22.4 Å². The lowest BCUT2D eigenvalue weighted by Gasteiger charge is -2.10. The Balaban J connectivity index is 1.70. The molecule has 3 rings (SSSR count). The Morgan fingerprint density at radius 1 is 1.06 bits per heavy atom. The predicted molar refractivity (Wildman–Crippen MR) is 119 cm³/mol. The van der Waals surface area contributed by atoms with Crippen molar-refractivity contribution < 1.29 is 32.2 Å². The van der Waals surface area contributed by atoms with Crippen molar-refractivity contribution in [2.75, 3.05) is 13.2 Å². The zero-order valence-electron chi connectivity index (χ0n) is 18.3. The number of carbonyl (C=O) groups excluding carboxylic acids is 2. The lowest BCUT2D eigenvalue weighted by Crippen LogP contribution is -2.15. The second-order valence-corrected chi connectivity index (χ2v) is 8.36. The van der Waals surface area contributed by atoms with Crippen LogP contribution in [0.2, 0.25) is 0 Å². The van der Waals surface area contributed by atoms with E-state index in [-0.39, 0.29) is 25.4 Å². The van der Waals surface area contributed by atoms with Crippen LogP contribution in [0, 0.1) is 13.8 Å². The minimum absolute atomic E-state index is 0.118. The molecule has 0 radical (unpaired) electrons. The number of benzene rings is 2. The largest absolute Gasteiger partial charge is 0.482 e. The maximum absolute atomic E-state index is 12.8. The Bertz CT molecular complexity index is 1150. The highest BCUT2D eigenvalue weighted by Crippen LogP contribution is 2.33. The SMILES string of the molecule is CCOC(=O)COc1ccc(C(=O)Cc2sc(-c3ccc(C(F)(F)F)cc3)nc2C)cc1C. The van der Waals surface area contributed by atoms with E-state index in [2.05, 4.69) is 4.98 Å². The van der Waals surface area contributed by atoms with Crippen LogP contribution in [0.1, 0.15) is 39.0 Å². The normalized spacial score (nSPS) is 11.3. The summed E-state index contributed by atoms with van der Waals surface area (Å²) in [5.74, 6) is -0.111. The average molecular weight is 478 g/mol. The number of aryl methyl sites for hydroxylation is 2. The van der Waals surface area contributed by atoms with Gasteiger partial charge in [-0.05, 0) is 56.7 Å². The summed E-state index contributed by atoms with van der Waals surface area (Å²) in [5, 5.41) is 0.558. The molecule has 0 aliphatic carbocycles. The molecule has 0 atom stereocenters. The number of Topliss-reactive ketones (excluding diaryl/α,β-unsaturated/α-hetero) is 1. The Morgan fingerprint density at radius 3 is 2.36 bits per heavy atom. The van der Waals surface area contributed by atoms with Crippen molar-refractivity contribution in [2.24, 2.45) is 0 Å². The molecule has 0 aliphatic heterocycles. The van der Waals surface area contributed by atoms with Crippen molar-refractivity contribution >= 4 is 23.1 Å². The van der Waals surface area contributed by atoms with Gasteiger partial charge in [-0.1, -0.05) is 12.1 Å². The third kappa shape index (κ3) is 6.19. The van der Waals surface area contributed by atoms with Crippen molar-refractivity contribution in [1.82, 2.24) is 4.98 Å². The molecular formula is C24H22F3NO4S. The second kappa shape index (κ2) is 10.2. The van der Waals surface area contributed by atoms with E-state index in [0.29, 0.717) is 33.1 Å².